The smallest absolute Gasteiger partial charge is 0.481 e. The van der Waals surface area contributed by atoms with Gasteiger partial charge in [0.2, 0.25) is 0 Å². The predicted octanol–water partition coefficient (Wildman–Crippen LogP) is 3.64. The molecule has 0 saturated carbocycles. The molecule has 2 N–H and O–H groups in total. The number of carboxylic acids is 1. The van der Waals surface area contributed by atoms with Crippen LogP contribution in [0.3, 0.4) is 0 Å². The first-order chi connectivity index (χ1) is 12.0. The number of halogens is 3. The molecule has 0 spiro atoms. The van der Waals surface area contributed by atoms with Crippen LogP contribution in [0.15, 0.2) is 24.3 Å². The molecule has 0 atom stereocenters. The van der Waals surface area contributed by atoms with Gasteiger partial charge in [0.1, 0.15) is 11.4 Å². The highest BCUT2D eigenvalue weighted by Crippen LogP contribution is 2.27. The molecule has 0 radical (unpaired) electrons. The molecule has 0 bridgehead atoms. The van der Waals surface area contributed by atoms with Crippen LogP contribution in [-0.4, -0.2) is 46.3 Å². The molecular formula is C17H19F3N2O4. The van der Waals surface area contributed by atoms with Gasteiger partial charge in [-0.15, -0.1) is 13.2 Å². The minimum atomic E-state index is -4.80. The van der Waals surface area contributed by atoms with E-state index in [-0.39, 0.29) is 24.6 Å². The Balaban J connectivity index is 2.25. The summed E-state index contributed by atoms with van der Waals surface area (Å²) < 4.78 is 40.8. The summed E-state index contributed by atoms with van der Waals surface area (Å²) in [6.07, 6.45) is -4.99. The molecule has 142 valence electrons. The maximum atomic E-state index is 12.7. The normalized spacial score (nSPS) is 11.8. The van der Waals surface area contributed by atoms with E-state index in [0.717, 1.165) is 12.1 Å². The lowest BCUT2D eigenvalue weighted by molar-refractivity contribution is -0.274. The molecule has 0 aliphatic heterocycles. The zero-order valence-electron chi connectivity index (χ0n) is 14.3. The van der Waals surface area contributed by atoms with Crippen molar-refractivity contribution < 1.29 is 32.6 Å². The lowest BCUT2D eigenvalue weighted by atomic mass is 10.2. The van der Waals surface area contributed by atoms with E-state index in [0.29, 0.717) is 17.4 Å². The maximum Gasteiger partial charge on any atom is 0.573 e. The molecule has 1 heterocycles. The van der Waals surface area contributed by atoms with Gasteiger partial charge < -0.3 is 19.7 Å². The number of carboxylic acid groups (broad SMARTS) is 1. The van der Waals surface area contributed by atoms with E-state index in [1.807, 2.05) is 13.8 Å². The van der Waals surface area contributed by atoms with Gasteiger partial charge in [0.15, 0.2) is 0 Å². The Bertz CT molecular complexity index is 799. The average Bonchev–Trinajstić information content (AvgIpc) is 2.91. The Hall–Kier alpha value is -2.71. The van der Waals surface area contributed by atoms with Gasteiger partial charge in [-0.1, -0.05) is 13.8 Å². The van der Waals surface area contributed by atoms with Gasteiger partial charge in [-0.25, -0.2) is 0 Å². The fourth-order valence-corrected chi connectivity index (χ4v) is 2.54. The number of nitrogens with one attached hydrogen (secondary N) is 1. The number of hydrogen-bond acceptors (Lipinski definition) is 3. The first kappa shape index (κ1) is 19.6. The van der Waals surface area contributed by atoms with E-state index in [4.69, 9.17) is 5.11 Å². The van der Waals surface area contributed by atoms with Gasteiger partial charge in [0.25, 0.3) is 5.91 Å². The largest absolute Gasteiger partial charge is 0.573 e. The molecule has 1 amide bonds. The Morgan fingerprint density at radius 2 is 1.96 bits per heavy atom. The SMILES string of the molecule is CC(C)CN(CCC(=O)O)C(=O)c1cc2ccc(OC(F)(F)F)cc2[nH]1. The molecule has 0 unspecified atom stereocenters. The van der Waals surface area contributed by atoms with Gasteiger partial charge in [-0.2, -0.15) is 0 Å². The molecule has 9 heteroatoms. The fourth-order valence-electron chi connectivity index (χ4n) is 2.54. The molecule has 0 aliphatic carbocycles. The van der Waals surface area contributed by atoms with Crippen molar-refractivity contribution in [2.24, 2.45) is 5.92 Å². The number of alkyl halides is 3. The monoisotopic (exact) mass is 372 g/mol. The molecule has 0 fully saturated rings. The van der Waals surface area contributed by atoms with Crippen molar-refractivity contribution in [3.63, 3.8) is 0 Å². The second-order valence-electron chi connectivity index (χ2n) is 6.27. The number of carbonyl (C=O) groups is 2. The number of rotatable bonds is 7. The average molecular weight is 372 g/mol. The number of fused-ring (bicyclic) bond motifs is 1. The molecular weight excluding hydrogens is 353 g/mol. The number of aromatic amines is 1. The summed E-state index contributed by atoms with van der Waals surface area (Å²) in [6, 6.07) is 5.24. The Morgan fingerprint density at radius 3 is 2.54 bits per heavy atom. The van der Waals surface area contributed by atoms with E-state index in [2.05, 4.69) is 9.72 Å². The van der Waals surface area contributed by atoms with Gasteiger partial charge in [-0.05, 0) is 24.1 Å². The van der Waals surface area contributed by atoms with Crippen molar-refractivity contribution in [2.75, 3.05) is 13.1 Å². The van der Waals surface area contributed by atoms with Crippen LogP contribution in [0.1, 0.15) is 30.8 Å². The third kappa shape index (κ3) is 5.40. The van der Waals surface area contributed by atoms with E-state index in [1.54, 1.807) is 0 Å². The van der Waals surface area contributed by atoms with Crippen molar-refractivity contribution in [3.05, 3.63) is 30.0 Å². The van der Waals surface area contributed by atoms with Crippen molar-refractivity contribution in [1.82, 2.24) is 9.88 Å². The molecule has 2 aromatic rings. The number of hydrogen-bond donors (Lipinski definition) is 2. The highest BCUT2D eigenvalue weighted by Gasteiger charge is 2.31. The van der Waals surface area contributed by atoms with Crippen molar-refractivity contribution >= 4 is 22.8 Å². The third-order valence-corrected chi connectivity index (χ3v) is 3.53. The van der Waals surface area contributed by atoms with Crippen molar-refractivity contribution in [3.8, 4) is 5.75 Å². The predicted molar refractivity (Wildman–Crippen MR) is 88.0 cm³/mol. The van der Waals surface area contributed by atoms with Crippen LogP contribution >= 0.6 is 0 Å². The second-order valence-corrected chi connectivity index (χ2v) is 6.27. The topological polar surface area (TPSA) is 82.6 Å². The van der Waals surface area contributed by atoms with Crippen LogP contribution in [0.4, 0.5) is 13.2 Å². The summed E-state index contributed by atoms with van der Waals surface area (Å²) in [7, 11) is 0. The van der Waals surface area contributed by atoms with Crippen molar-refractivity contribution in [2.45, 2.75) is 26.6 Å². The Labute approximate surface area is 147 Å². The number of benzene rings is 1. The summed E-state index contributed by atoms with van der Waals surface area (Å²) >= 11 is 0. The van der Waals surface area contributed by atoms with Gasteiger partial charge in [-0.3, -0.25) is 9.59 Å². The number of H-pyrrole nitrogens is 1. The summed E-state index contributed by atoms with van der Waals surface area (Å²) in [5.74, 6) is -1.69. The minimum absolute atomic E-state index is 0.0458. The standard InChI is InChI=1S/C17H19F3N2O4/c1-10(2)9-22(6-5-15(23)24)16(25)14-7-11-3-4-12(8-13(11)21-14)26-17(18,19)20/h3-4,7-8,10,21H,5-6,9H2,1-2H3,(H,23,24). The zero-order chi connectivity index (χ0) is 19.5. The number of amides is 1. The van der Waals surface area contributed by atoms with E-state index < -0.39 is 24.0 Å². The first-order valence-corrected chi connectivity index (χ1v) is 7.94. The van der Waals surface area contributed by atoms with Crippen LogP contribution in [0, 0.1) is 5.92 Å². The molecule has 26 heavy (non-hydrogen) atoms. The first-order valence-electron chi connectivity index (χ1n) is 7.94. The summed E-state index contributed by atoms with van der Waals surface area (Å²) in [5.41, 5.74) is 0.494. The molecule has 2 rings (SSSR count). The lowest BCUT2D eigenvalue weighted by Crippen LogP contribution is -2.36. The Kier molecular flexibility index (Phi) is 5.79. The lowest BCUT2D eigenvalue weighted by Gasteiger charge is -2.23. The number of nitrogens with zero attached hydrogens (tertiary/aromatic N) is 1. The molecule has 1 aromatic carbocycles. The minimum Gasteiger partial charge on any atom is -0.481 e. The zero-order valence-corrected chi connectivity index (χ0v) is 14.3. The van der Waals surface area contributed by atoms with Gasteiger partial charge >= 0.3 is 12.3 Å². The molecule has 6 nitrogen and oxygen atoms in total. The quantitative estimate of drug-likeness (QED) is 0.777. The van der Waals surface area contributed by atoms with Gasteiger partial charge in [0, 0.05) is 30.1 Å². The van der Waals surface area contributed by atoms with Crippen LogP contribution in [0.5, 0.6) is 5.75 Å². The highest BCUT2D eigenvalue weighted by atomic mass is 19.4. The summed E-state index contributed by atoms with van der Waals surface area (Å²) in [5, 5.41) is 9.38. The van der Waals surface area contributed by atoms with E-state index >= 15 is 0 Å². The maximum absolute atomic E-state index is 12.7. The van der Waals surface area contributed by atoms with E-state index in [1.165, 1.54) is 17.0 Å². The van der Waals surface area contributed by atoms with Crippen LogP contribution < -0.4 is 4.74 Å². The number of ether oxygens (including phenoxy) is 1. The summed E-state index contributed by atoms with van der Waals surface area (Å²) in [6.45, 7) is 4.20. The molecule has 0 aliphatic rings. The Morgan fingerprint density at radius 1 is 1.27 bits per heavy atom. The van der Waals surface area contributed by atoms with Crippen molar-refractivity contribution in [1.29, 1.82) is 0 Å². The van der Waals surface area contributed by atoms with Crippen LogP contribution in [0.2, 0.25) is 0 Å². The number of aromatic nitrogens is 1. The summed E-state index contributed by atoms with van der Waals surface area (Å²) in [4.78, 5) is 27.6. The molecule has 1 aromatic heterocycles. The highest BCUT2D eigenvalue weighted by molar-refractivity contribution is 5.98. The second kappa shape index (κ2) is 7.67. The molecule has 0 saturated heterocycles. The fraction of sp³-hybridized carbons (Fsp3) is 0.412. The van der Waals surface area contributed by atoms with Crippen LogP contribution in [-0.2, 0) is 4.79 Å². The number of carbonyl (C=O) groups excluding carboxylic acids is 1. The number of aliphatic carboxylic acids is 1. The van der Waals surface area contributed by atoms with E-state index in [9.17, 15) is 22.8 Å². The van der Waals surface area contributed by atoms with Gasteiger partial charge in [0.05, 0.1) is 6.42 Å². The third-order valence-electron chi connectivity index (χ3n) is 3.53. The van der Waals surface area contributed by atoms with Crippen LogP contribution in [0.25, 0.3) is 10.9 Å².